The summed E-state index contributed by atoms with van der Waals surface area (Å²) in [4.78, 5) is 18.3. The van der Waals surface area contributed by atoms with Crippen molar-refractivity contribution in [2.45, 2.75) is 0 Å². The number of nitrogens with zero attached hydrogens (tertiary/aromatic N) is 4. The Bertz CT molecular complexity index is 752. The molecule has 0 unspecified atom stereocenters. The largest absolute Gasteiger partial charge is 0.294 e. The van der Waals surface area contributed by atoms with Gasteiger partial charge < -0.3 is 0 Å². The van der Waals surface area contributed by atoms with E-state index < -0.39 is 4.92 Å². The van der Waals surface area contributed by atoms with Crippen LogP contribution in [0.1, 0.15) is 0 Å². The molecular formula is C10H5ClN4O2. The summed E-state index contributed by atoms with van der Waals surface area (Å²) in [6, 6.07) is 4.45. The number of hydrogen-bond acceptors (Lipinski definition) is 4. The summed E-state index contributed by atoms with van der Waals surface area (Å²) in [5.41, 5.74) is 1.86. The number of rotatable bonds is 1. The average Bonchev–Trinajstić information content (AvgIpc) is 2.78. The molecule has 0 atom stereocenters. The molecule has 6 nitrogen and oxygen atoms in total. The Hall–Kier alpha value is -2.21. The van der Waals surface area contributed by atoms with Crippen molar-refractivity contribution in [3.05, 3.63) is 46.0 Å². The molecule has 0 saturated carbocycles. The lowest BCUT2D eigenvalue weighted by Gasteiger charge is -2.02. The molecule has 3 rings (SSSR count). The molecule has 0 spiro atoms. The first kappa shape index (κ1) is 9.98. The Kier molecular flexibility index (Phi) is 1.99. The highest BCUT2D eigenvalue weighted by atomic mass is 35.5. The molecule has 84 valence electrons. The average molecular weight is 249 g/mol. The van der Waals surface area contributed by atoms with Crippen molar-refractivity contribution in [3.63, 3.8) is 0 Å². The van der Waals surface area contributed by atoms with Crippen molar-refractivity contribution in [2.24, 2.45) is 0 Å². The van der Waals surface area contributed by atoms with Crippen LogP contribution in [0.15, 0.2) is 30.7 Å². The molecule has 0 N–H and O–H groups in total. The summed E-state index contributed by atoms with van der Waals surface area (Å²) in [7, 11) is 0. The maximum absolute atomic E-state index is 10.7. The molecule has 0 saturated heterocycles. The smallest absolute Gasteiger partial charge is 0.271 e. The number of aromatic nitrogens is 3. The number of imidazole rings is 1. The van der Waals surface area contributed by atoms with Gasteiger partial charge in [0.05, 0.1) is 28.5 Å². The molecule has 0 amide bonds. The second-order valence-electron chi connectivity index (χ2n) is 3.48. The first-order chi connectivity index (χ1) is 8.16. The number of nitro groups is 1. The van der Waals surface area contributed by atoms with Gasteiger partial charge in [-0.2, -0.15) is 0 Å². The van der Waals surface area contributed by atoms with Gasteiger partial charge in [0.1, 0.15) is 5.52 Å². The van der Waals surface area contributed by atoms with Crippen molar-refractivity contribution in [2.75, 3.05) is 0 Å². The van der Waals surface area contributed by atoms with E-state index in [4.69, 9.17) is 11.6 Å². The van der Waals surface area contributed by atoms with Crippen LogP contribution in [0.25, 0.3) is 16.6 Å². The van der Waals surface area contributed by atoms with Crippen molar-refractivity contribution >= 4 is 33.8 Å². The van der Waals surface area contributed by atoms with E-state index in [9.17, 15) is 10.1 Å². The molecule has 0 aliphatic rings. The predicted molar refractivity (Wildman–Crippen MR) is 62.2 cm³/mol. The maximum Gasteiger partial charge on any atom is 0.271 e. The number of halogens is 1. The van der Waals surface area contributed by atoms with E-state index >= 15 is 0 Å². The normalized spacial score (nSPS) is 11.1. The summed E-state index contributed by atoms with van der Waals surface area (Å²) in [6.07, 6.45) is 3.19. The third kappa shape index (κ3) is 1.42. The molecule has 2 aromatic heterocycles. The maximum atomic E-state index is 10.7. The molecular weight excluding hydrogens is 244 g/mol. The Balaban J connectivity index is 2.45. The van der Waals surface area contributed by atoms with Crippen LogP contribution in [-0.4, -0.2) is 19.3 Å². The molecule has 0 bridgehead atoms. The monoisotopic (exact) mass is 248 g/mol. The first-order valence-electron chi connectivity index (χ1n) is 4.72. The summed E-state index contributed by atoms with van der Waals surface area (Å²) in [5, 5.41) is 10.9. The summed E-state index contributed by atoms with van der Waals surface area (Å²) >= 11 is 5.97. The van der Waals surface area contributed by atoms with E-state index in [2.05, 4.69) is 9.97 Å². The van der Waals surface area contributed by atoms with E-state index in [0.29, 0.717) is 11.0 Å². The van der Waals surface area contributed by atoms with Crippen molar-refractivity contribution in [3.8, 4) is 0 Å². The van der Waals surface area contributed by atoms with Crippen LogP contribution in [0.5, 0.6) is 0 Å². The minimum absolute atomic E-state index is 0.0134. The fourth-order valence-electron chi connectivity index (χ4n) is 1.72. The standard InChI is InChI=1S/C10H5ClN4O2/c11-10-9-4-12-5-14(9)8-2-1-6(15(16)17)3-7(8)13-10/h1-5H. The molecule has 0 aliphatic carbocycles. The van der Waals surface area contributed by atoms with E-state index in [1.807, 2.05) is 0 Å². The quantitative estimate of drug-likeness (QED) is 0.490. The molecule has 2 heterocycles. The summed E-state index contributed by atoms with van der Waals surface area (Å²) < 4.78 is 1.74. The second kappa shape index (κ2) is 3.39. The number of benzene rings is 1. The lowest BCUT2D eigenvalue weighted by Crippen LogP contribution is -1.93. The van der Waals surface area contributed by atoms with E-state index in [-0.39, 0.29) is 10.8 Å². The van der Waals surface area contributed by atoms with Gasteiger partial charge in [-0.3, -0.25) is 14.5 Å². The first-order valence-corrected chi connectivity index (χ1v) is 5.10. The van der Waals surface area contributed by atoms with E-state index in [1.54, 1.807) is 23.0 Å². The topological polar surface area (TPSA) is 73.3 Å². The fourth-order valence-corrected chi connectivity index (χ4v) is 1.95. The van der Waals surface area contributed by atoms with Crippen molar-refractivity contribution in [1.29, 1.82) is 0 Å². The Morgan fingerprint density at radius 1 is 1.35 bits per heavy atom. The highest BCUT2D eigenvalue weighted by Gasteiger charge is 2.11. The molecule has 0 radical (unpaired) electrons. The van der Waals surface area contributed by atoms with Crippen molar-refractivity contribution in [1.82, 2.24) is 14.4 Å². The number of nitro benzene ring substituents is 1. The van der Waals surface area contributed by atoms with Crippen LogP contribution >= 0.6 is 11.6 Å². The highest BCUT2D eigenvalue weighted by molar-refractivity contribution is 6.33. The van der Waals surface area contributed by atoms with E-state index in [0.717, 1.165) is 5.52 Å². The van der Waals surface area contributed by atoms with Gasteiger partial charge in [-0.15, -0.1) is 0 Å². The van der Waals surface area contributed by atoms with Gasteiger partial charge in [0.2, 0.25) is 0 Å². The number of fused-ring (bicyclic) bond motifs is 3. The molecule has 0 aliphatic heterocycles. The van der Waals surface area contributed by atoms with Gasteiger partial charge in [-0.1, -0.05) is 11.6 Å². The van der Waals surface area contributed by atoms with Crippen LogP contribution in [0.3, 0.4) is 0 Å². The van der Waals surface area contributed by atoms with Crippen LogP contribution in [-0.2, 0) is 0 Å². The second-order valence-corrected chi connectivity index (χ2v) is 3.84. The highest BCUT2D eigenvalue weighted by Crippen LogP contribution is 2.24. The zero-order valence-electron chi connectivity index (χ0n) is 8.37. The van der Waals surface area contributed by atoms with Gasteiger partial charge in [0.15, 0.2) is 5.15 Å². The SMILES string of the molecule is O=[N+]([O-])c1ccc2c(c1)nc(Cl)c1cncn12. The minimum Gasteiger partial charge on any atom is -0.294 e. The Morgan fingerprint density at radius 3 is 2.94 bits per heavy atom. The Morgan fingerprint density at radius 2 is 2.18 bits per heavy atom. The predicted octanol–water partition coefficient (Wildman–Crippen LogP) is 2.44. The van der Waals surface area contributed by atoms with Gasteiger partial charge >= 0.3 is 0 Å². The van der Waals surface area contributed by atoms with Gasteiger partial charge in [0.25, 0.3) is 5.69 Å². The fraction of sp³-hybridized carbons (Fsp3) is 0. The molecule has 3 aromatic rings. The van der Waals surface area contributed by atoms with Gasteiger partial charge in [-0.05, 0) is 6.07 Å². The lowest BCUT2D eigenvalue weighted by molar-refractivity contribution is -0.384. The lowest BCUT2D eigenvalue weighted by atomic mass is 10.2. The zero-order chi connectivity index (χ0) is 12.0. The van der Waals surface area contributed by atoms with Crippen LogP contribution < -0.4 is 0 Å². The third-order valence-corrected chi connectivity index (χ3v) is 2.78. The van der Waals surface area contributed by atoms with Crippen LogP contribution in [0, 0.1) is 10.1 Å². The molecule has 17 heavy (non-hydrogen) atoms. The summed E-state index contributed by atoms with van der Waals surface area (Å²) in [6.45, 7) is 0. The Labute approximate surface area is 99.6 Å². The van der Waals surface area contributed by atoms with Crippen LogP contribution in [0.2, 0.25) is 5.15 Å². The molecule has 1 aromatic carbocycles. The number of non-ortho nitro benzene ring substituents is 1. The van der Waals surface area contributed by atoms with E-state index in [1.165, 1.54) is 12.1 Å². The zero-order valence-corrected chi connectivity index (χ0v) is 9.13. The van der Waals surface area contributed by atoms with Crippen molar-refractivity contribution < 1.29 is 4.92 Å². The minimum atomic E-state index is -0.465. The number of hydrogen-bond donors (Lipinski definition) is 0. The molecule has 7 heteroatoms. The van der Waals surface area contributed by atoms with Crippen LogP contribution in [0.4, 0.5) is 5.69 Å². The van der Waals surface area contributed by atoms with Gasteiger partial charge in [-0.25, -0.2) is 9.97 Å². The molecule has 0 fully saturated rings. The summed E-state index contributed by atoms with van der Waals surface area (Å²) in [5.74, 6) is 0. The van der Waals surface area contributed by atoms with Gasteiger partial charge in [0, 0.05) is 12.1 Å². The third-order valence-electron chi connectivity index (χ3n) is 2.50.